The maximum absolute atomic E-state index is 12.4. The molecule has 3 amide bonds. The zero-order valence-corrected chi connectivity index (χ0v) is 12.2. The van der Waals surface area contributed by atoms with Gasteiger partial charge in [-0.25, -0.2) is 4.79 Å². The molecule has 1 saturated carbocycles. The van der Waals surface area contributed by atoms with Crippen LogP contribution < -0.4 is 5.32 Å². The topological polar surface area (TPSA) is 62.3 Å². The Kier molecular flexibility index (Phi) is 3.06. The van der Waals surface area contributed by atoms with Crippen LogP contribution in [0.5, 0.6) is 0 Å². The summed E-state index contributed by atoms with van der Waals surface area (Å²) in [4.78, 5) is 30.0. The highest BCUT2D eigenvalue weighted by Crippen LogP contribution is 2.34. The Labute approximate surface area is 128 Å². The van der Waals surface area contributed by atoms with E-state index in [0.717, 1.165) is 22.9 Å². The predicted molar refractivity (Wildman–Crippen MR) is 82.0 cm³/mol. The molecule has 5 heteroatoms. The molecule has 22 heavy (non-hydrogen) atoms. The van der Waals surface area contributed by atoms with Crippen molar-refractivity contribution in [1.29, 1.82) is 0 Å². The lowest BCUT2D eigenvalue weighted by Gasteiger charge is -2.13. The molecule has 4 rings (SSSR count). The summed E-state index contributed by atoms with van der Waals surface area (Å²) in [7, 11) is 0. The highest BCUT2D eigenvalue weighted by atomic mass is 16.2. The minimum Gasteiger partial charge on any atom is -0.326 e. The summed E-state index contributed by atoms with van der Waals surface area (Å²) in [5, 5.41) is 3.82. The van der Waals surface area contributed by atoms with E-state index in [1.807, 2.05) is 30.3 Å². The Hall–Kier alpha value is -2.43. The van der Waals surface area contributed by atoms with Crippen LogP contribution in [-0.4, -0.2) is 27.9 Å². The Balaban J connectivity index is 1.53. The molecule has 1 aliphatic heterocycles. The number of hydrogen-bond acceptors (Lipinski definition) is 3. The predicted octanol–water partition coefficient (Wildman–Crippen LogP) is 2.46. The Morgan fingerprint density at radius 2 is 2.09 bits per heavy atom. The van der Waals surface area contributed by atoms with Crippen LogP contribution in [0, 0.1) is 5.92 Å². The zero-order valence-electron chi connectivity index (χ0n) is 12.2. The number of hydrogen-bond donors (Lipinski definition) is 1. The summed E-state index contributed by atoms with van der Waals surface area (Å²) < 4.78 is 0. The summed E-state index contributed by atoms with van der Waals surface area (Å²) in [5.41, 5.74) is 1.85. The SMILES string of the molecule is O=C1NC(CC2CC2)C(=O)N1Cc1ccc2ncccc2c1. The number of benzene rings is 1. The van der Waals surface area contributed by atoms with Gasteiger partial charge in [-0.05, 0) is 36.1 Å². The van der Waals surface area contributed by atoms with Crippen molar-refractivity contribution in [3.05, 3.63) is 42.1 Å². The summed E-state index contributed by atoms with van der Waals surface area (Å²) in [6.45, 7) is 0.316. The molecule has 1 N–H and O–H groups in total. The Bertz CT molecular complexity index is 754. The number of nitrogens with zero attached hydrogens (tertiary/aromatic N) is 2. The second-order valence-corrected chi connectivity index (χ2v) is 6.14. The second-order valence-electron chi connectivity index (χ2n) is 6.14. The Morgan fingerprint density at radius 1 is 1.23 bits per heavy atom. The molecule has 1 aromatic carbocycles. The lowest BCUT2D eigenvalue weighted by molar-refractivity contribution is -0.128. The quantitative estimate of drug-likeness (QED) is 0.881. The molecule has 2 fully saturated rings. The van der Waals surface area contributed by atoms with Crippen LogP contribution in [0.1, 0.15) is 24.8 Å². The van der Waals surface area contributed by atoms with Gasteiger partial charge < -0.3 is 5.32 Å². The number of carbonyl (C=O) groups excluding carboxylic acids is 2. The summed E-state index contributed by atoms with van der Waals surface area (Å²) in [6.07, 6.45) is 4.89. The fourth-order valence-corrected chi connectivity index (χ4v) is 2.98. The second kappa shape index (κ2) is 5.09. The minimum atomic E-state index is -0.331. The van der Waals surface area contributed by atoms with Gasteiger partial charge in [0.25, 0.3) is 5.91 Å². The molecule has 1 saturated heterocycles. The van der Waals surface area contributed by atoms with E-state index in [0.29, 0.717) is 12.5 Å². The molecule has 1 unspecified atom stereocenters. The van der Waals surface area contributed by atoms with Crippen molar-refractivity contribution >= 4 is 22.8 Å². The van der Waals surface area contributed by atoms with E-state index >= 15 is 0 Å². The van der Waals surface area contributed by atoms with Gasteiger partial charge in [-0.15, -0.1) is 0 Å². The van der Waals surface area contributed by atoms with E-state index in [1.54, 1.807) is 6.20 Å². The van der Waals surface area contributed by atoms with Gasteiger partial charge in [0, 0.05) is 11.6 Å². The van der Waals surface area contributed by atoms with Gasteiger partial charge in [0.05, 0.1) is 12.1 Å². The van der Waals surface area contributed by atoms with Crippen LogP contribution in [0.15, 0.2) is 36.5 Å². The molecular formula is C17H17N3O2. The number of imide groups is 1. The standard InChI is InChI=1S/C17H17N3O2/c21-16-15(9-11-3-4-11)19-17(22)20(16)10-12-5-6-14-13(8-12)2-1-7-18-14/h1-2,5-8,11,15H,3-4,9-10H2,(H,19,22). The first kappa shape index (κ1) is 13.2. The van der Waals surface area contributed by atoms with Crippen molar-refractivity contribution < 1.29 is 9.59 Å². The number of nitrogens with one attached hydrogen (secondary N) is 1. The molecule has 2 heterocycles. The highest BCUT2D eigenvalue weighted by molar-refractivity contribution is 6.04. The fraction of sp³-hybridized carbons (Fsp3) is 0.353. The van der Waals surface area contributed by atoms with E-state index in [4.69, 9.17) is 0 Å². The third-order valence-electron chi connectivity index (χ3n) is 4.38. The van der Waals surface area contributed by atoms with Crippen molar-refractivity contribution in [2.75, 3.05) is 0 Å². The number of carbonyl (C=O) groups is 2. The average molecular weight is 295 g/mol. The maximum atomic E-state index is 12.4. The summed E-state index contributed by atoms with van der Waals surface area (Å²) in [6, 6.07) is 9.08. The van der Waals surface area contributed by atoms with Gasteiger partial charge in [0.1, 0.15) is 6.04 Å². The molecule has 5 nitrogen and oxygen atoms in total. The molecule has 112 valence electrons. The van der Waals surface area contributed by atoms with Crippen LogP contribution in [0.3, 0.4) is 0 Å². The third-order valence-corrected chi connectivity index (χ3v) is 4.38. The maximum Gasteiger partial charge on any atom is 0.325 e. The highest BCUT2D eigenvalue weighted by Gasteiger charge is 2.40. The van der Waals surface area contributed by atoms with E-state index < -0.39 is 0 Å². The number of fused-ring (bicyclic) bond motifs is 1. The molecule has 2 aliphatic rings. The smallest absolute Gasteiger partial charge is 0.325 e. The number of rotatable bonds is 4. The molecule has 0 spiro atoms. The number of urea groups is 1. The fourth-order valence-electron chi connectivity index (χ4n) is 2.98. The van der Waals surface area contributed by atoms with E-state index in [9.17, 15) is 9.59 Å². The molecule has 0 radical (unpaired) electrons. The van der Waals surface area contributed by atoms with Gasteiger partial charge in [-0.2, -0.15) is 0 Å². The van der Waals surface area contributed by atoms with Gasteiger partial charge in [0.2, 0.25) is 0 Å². The monoisotopic (exact) mass is 295 g/mol. The molecule has 1 aliphatic carbocycles. The normalized spacial score (nSPS) is 21.5. The minimum absolute atomic E-state index is 0.0943. The summed E-state index contributed by atoms with van der Waals surface area (Å²) in [5.74, 6) is 0.518. The average Bonchev–Trinajstić information content (AvgIpc) is 3.30. The first-order chi connectivity index (χ1) is 10.7. The molecule has 0 bridgehead atoms. The van der Waals surface area contributed by atoms with Crippen LogP contribution in [0.2, 0.25) is 0 Å². The first-order valence-electron chi connectivity index (χ1n) is 7.66. The van der Waals surface area contributed by atoms with Crippen LogP contribution >= 0.6 is 0 Å². The Morgan fingerprint density at radius 3 is 2.91 bits per heavy atom. The molecule has 1 aromatic heterocycles. The zero-order chi connectivity index (χ0) is 15.1. The van der Waals surface area contributed by atoms with E-state index in [-0.39, 0.29) is 18.0 Å². The van der Waals surface area contributed by atoms with Crippen molar-refractivity contribution in [1.82, 2.24) is 15.2 Å². The number of amides is 3. The van der Waals surface area contributed by atoms with Crippen molar-refractivity contribution in [3.8, 4) is 0 Å². The van der Waals surface area contributed by atoms with Gasteiger partial charge in [0.15, 0.2) is 0 Å². The molecular weight excluding hydrogens is 278 g/mol. The number of aromatic nitrogens is 1. The lowest BCUT2D eigenvalue weighted by Crippen LogP contribution is -2.31. The van der Waals surface area contributed by atoms with Gasteiger partial charge >= 0.3 is 6.03 Å². The van der Waals surface area contributed by atoms with E-state index in [2.05, 4.69) is 10.3 Å². The van der Waals surface area contributed by atoms with Crippen LogP contribution in [-0.2, 0) is 11.3 Å². The largest absolute Gasteiger partial charge is 0.326 e. The molecule has 2 aromatic rings. The lowest BCUT2D eigenvalue weighted by atomic mass is 10.1. The van der Waals surface area contributed by atoms with Gasteiger partial charge in [-0.1, -0.05) is 25.0 Å². The third kappa shape index (κ3) is 2.43. The van der Waals surface area contributed by atoms with Crippen molar-refractivity contribution in [3.63, 3.8) is 0 Å². The number of pyridine rings is 1. The first-order valence-corrected chi connectivity index (χ1v) is 7.66. The van der Waals surface area contributed by atoms with Crippen LogP contribution in [0.25, 0.3) is 10.9 Å². The molecule has 1 atom stereocenters. The van der Waals surface area contributed by atoms with Crippen molar-refractivity contribution in [2.24, 2.45) is 5.92 Å². The van der Waals surface area contributed by atoms with E-state index in [1.165, 1.54) is 17.7 Å². The van der Waals surface area contributed by atoms with Crippen LogP contribution in [0.4, 0.5) is 4.79 Å². The van der Waals surface area contributed by atoms with Gasteiger partial charge in [-0.3, -0.25) is 14.7 Å². The summed E-state index contributed by atoms with van der Waals surface area (Å²) >= 11 is 0. The van der Waals surface area contributed by atoms with Crippen molar-refractivity contribution in [2.45, 2.75) is 31.8 Å².